The predicted molar refractivity (Wildman–Crippen MR) is 44.6 cm³/mol. The third-order valence-electron chi connectivity index (χ3n) is 1.89. The quantitative estimate of drug-likeness (QED) is 0.770. The highest BCUT2D eigenvalue weighted by Crippen LogP contribution is 2.12. The van der Waals surface area contributed by atoms with Crippen molar-refractivity contribution in [1.82, 2.24) is 9.78 Å². The summed E-state index contributed by atoms with van der Waals surface area (Å²) in [6.07, 6.45) is 0. The smallest absolute Gasteiger partial charge is 0.339 e. The molecule has 0 aromatic carbocycles. The van der Waals surface area contributed by atoms with Crippen LogP contribution in [0.2, 0.25) is 0 Å². The Hall–Kier alpha value is -1.39. The van der Waals surface area contributed by atoms with Crippen LogP contribution in [0.4, 0.5) is 4.39 Å². The molecule has 0 spiro atoms. The van der Waals surface area contributed by atoms with Crippen molar-refractivity contribution in [3.05, 3.63) is 17.0 Å². The number of rotatable bonds is 3. The number of aromatic nitrogens is 2. The average molecular weight is 186 g/mol. The van der Waals surface area contributed by atoms with Crippen LogP contribution in [-0.2, 0) is 6.54 Å². The van der Waals surface area contributed by atoms with Crippen molar-refractivity contribution in [2.75, 3.05) is 6.67 Å². The number of aromatic carboxylic acids is 1. The lowest BCUT2D eigenvalue weighted by Gasteiger charge is -1.99. The number of carboxylic acid groups (broad SMARTS) is 1. The zero-order chi connectivity index (χ0) is 10.0. The largest absolute Gasteiger partial charge is 0.478 e. The first kappa shape index (κ1) is 9.70. The van der Waals surface area contributed by atoms with E-state index in [9.17, 15) is 9.18 Å². The first-order valence-corrected chi connectivity index (χ1v) is 3.91. The summed E-state index contributed by atoms with van der Waals surface area (Å²) in [5.41, 5.74) is 1.11. The van der Waals surface area contributed by atoms with Gasteiger partial charge in [0.2, 0.25) is 0 Å². The molecule has 0 unspecified atom stereocenters. The van der Waals surface area contributed by atoms with E-state index in [1.165, 1.54) is 4.68 Å². The molecule has 0 aliphatic carbocycles. The molecule has 0 amide bonds. The lowest BCUT2D eigenvalue weighted by Crippen LogP contribution is -2.05. The molecule has 0 aliphatic rings. The first-order valence-electron chi connectivity index (χ1n) is 3.91. The standard InChI is InChI=1S/C8H11FN2O2/c1-5-7(8(12)13)6(2)11(10-5)4-3-9/h3-4H2,1-2H3,(H,12,13). The van der Waals surface area contributed by atoms with Crippen LogP contribution in [0, 0.1) is 13.8 Å². The van der Waals surface area contributed by atoms with E-state index < -0.39 is 12.6 Å². The Morgan fingerprint density at radius 3 is 2.62 bits per heavy atom. The summed E-state index contributed by atoms with van der Waals surface area (Å²) in [6, 6.07) is 0. The molecule has 1 heterocycles. The highest BCUT2D eigenvalue weighted by molar-refractivity contribution is 5.90. The third-order valence-corrected chi connectivity index (χ3v) is 1.89. The fourth-order valence-corrected chi connectivity index (χ4v) is 1.30. The Bertz CT molecular complexity index is 333. The van der Waals surface area contributed by atoms with E-state index in [4.69, 9.17) is 5.11 Å². The van der Waals surface area contributed by atoms with Gasteiger partial charge in [0.25, 0.3) is 0 Å². The minimum absolute atomic E-state index is 0.111. The molecule has 5 heteroatoms. The molecule has 1 aromatic rings. The molecular formula is C8H11FN2O2. The lowest BCUT2D eigenvalue weighted by molar-refractivity contribution is 0.0695. The Morgan fingerprint density at radius 2 is 2.23 bits per heavy atom. The van der Waals surface area contributed by atoms with E-state index in [0.717, 1.165) is 0 Å². The van der Waals surface area contributed by atoms with Crippen molar-refractivity contribution in [1.29, 1.82) is 0 Å². The van der Waals surface area contributed by atoms with Crippen molar-refractivity contribution >= 4 is 5.97 Å². The van der Waals surface area contributed by atoms with Crippen LogP contribution < -0.4 is 0 Å². The van der Waals surface area contributed by atoms with Gasteiger partial charge in [0.15, 0.2) is 0 Å². The van der Waals surface area contributed by atoms with Gasteiger partial charge < -0.3 is 5.11 Å². The summed E-state index contributed by atoms with van der Waals surface area (Å²) in [7, 11) is 0. The Balaban J connectivity index is 3.14. The van der Waals surface area contributed by atoms with Crippen LogP contribution in [0.5, 0.6) is 0 Å². The Morgan fingerprint density at radius 1 is 1.62 bits per heavy atom. The van der Waals surface area contributed by atoms with E-state index in [1.807, 2.05) is 0 Å². The highest BCUT2D eigenvalue weighted by Gasteiger charge is 2.16. The summed E-state index contributed by atoms with van der Waals surface area (Å²) in [4.78, 5) is 10.7. The molecule has 0 fully saturated rings. The number of aryl methyl sites for hydroxylation is 2. The normalized spacial score (nSPS) is 10.4. The van der Waals surface area contributed by atoms with Crippen LogP contribution in [0.1, 0.15) is 21.7 Å². The summed E-state index contributed by atoms with van der Waals surface area (Å²) in [5, 5.41) is 12.7. The van der Waals surface area contributed by atoms with Crippen molar-refractivity contribution in [3.8, 4) is 0 Å². The number of alkyl halides is 1. The van der Waals surface area contributed by atoms with Crippen LogP contribution in [0.25, 0.3) is 0 Å². The predicted octanol–water partition coefficient (Wildman–Crippen LogP) is 1.17. The molecule has 1 N–H and O–H groups in total. The Labute approximate surface area is 75.0 Å². The minimum Gasteiger partial charge on any atom is -0.478 e. The maximum atomic E-state index is 12.0. The topological polar surface area (TPSA) is 55.1 Å². The minimum atomic E-state index is -1.01. The van der Waals surface area contributed by atoms with Crippen molar-refractivity contribution < 1.29 is 14.3 Å². The SMILES string of the molecule is Cc1nn(CCF)c(C)c1C(=O)O. The van der Waals surface area contributed by atoms with Gasteiger partial charge in [-0.05, 0) is 13.8 Å². The van der Waals surface area contributed by atoms with Crippen LogP contribution in [0.3, 0.4) is 0 Å². The lowest BCUT2D eigenvalue weighted by atomic mass is 10.2. The maximum Gasteiger partial charge on any atom is 0.339 e. The first-order chi connectivity index (χ1) is 6.07. The fraction of sp³-hybridized carbons (Fsp3) is 0.500. The molecule has 72 valence electrons. The van der Waals surface area contributed by atoms with Crippen molar-refractivity contribution in [3.63, 3.8) is 0 Å². The zero-order valence-electron chi connectivity index (χ0n) is 7.54. The second kappa shape index (κ2) is 3.55. The number of hydrogen-bond donors (Lipinski definition) is 1. The van der Waals surface area contributed by atoms with Gasteiger partial charge >= 0.3 is 5.97 Å². The van der Waals surface area contributed by atoms with Gasteiger partial charge in [-0.25, -0.2) is 9.18 Å². The molecule has 13 heavy (non-hydrogen) atoms. The summed E-state index contributed by atoms with van der Waals surface area (Å²) < 4.78 is 13.4. The number of carbonyl (C=O) groups is 1. The summed E-state index contributed by atoms with van der Waals surface area (Å²) >= 11 is 0. The second-order valence-corrected chi connectivity index (χ2v) is 2.76. The van der Waals surface area contributed by atoms with Gasteiger partial charge in [-0.3, -0.25) is 4.68 Å². The monoisotopic (exact) mass is 186 g/mol. The van der Waals surface area contributed by atoms with E-state index in [1.54, 1.807) is 13.8 Å². The highest BCUT2D eigenvalue weighted by atomic mass is 19.1. The fourth-order valence-electron chi connectivity index (χ4n) is 1.30. The molecular weight excluding hydrogens is 175 g/mol. The van der Waals surface area contributed by atoms with E-state index in [-0.39, 0.29) is 12.1 Å². The van der Waals surface area contributed by atoms with E-state index in [0.29, 0.717) is 11.4 Å². The molecule has 0 aliphatic heterocycles. The van der Waals surface area contributed by atoms with Crippen LogP contribution >= 0.6 is 0 Å². The van der Waals surface area contributed by atoms with E-state index >= 15 is 0 Å². The van der Waals surface area contributed by atoms with Crippen LogP contribution in [-0.4, -0.2) is 27.5 Å². The molecule has 0 radical (unpaired) electrons. The maximum absolute atomic E-state index is 12.0. The van der Waals surface area contributed by atoms with E-state index in [2.05, 4.69) is 5.10 Å². The summed E-state index contributed by atoms with van der Waals surface area (Å²) in [5.74, 6) is -1.01. The number of nitrogens with zero attached hydrogens (tertiary/aromatic N) is 2. The van der Waals surface area contributed by atoms with Gasteiger partial charge in [-0.2, -0.15) is 5.10 Å². The number of hydrogen-bond acceptors (Lipinski definition) is 2. The van der Waals surface area contributed by atoms with Gasteiger partial charge in [0.05, 0.1) is 17.9 Å². The van der Waals surface area contributed by atoms with Crippen LogP contribution in [0.15, 0.2) is 0 Å². The summed E-state index contributed by atoms with van der Waals surface area (Å²) in [6.45, 7) is 2.80. The van der Waals surface area contributed by atoms with Crippen molar-refractivity contribution in [2.24, 2.45) is 0 Å². The van der Waals surface area contributed by atoms with Gasteiger partial charge in [-0.15, -0.1) is 0 Å². The Kier molecular flexibility index (Phi) is 2.65. The van der Waals surface area contributed by atoms with Gasteiger partial charge in [-0.1, -0.05) is 0 Å². The number of halogens is 1. The van der Waals surface area contributed by atoms with Gasteiger partial charge in [0.1, 0.15) is 12.2 Å². The molecule has 1 aromatic heterocycles. The second-order valence-electron chi connectivity index (χ2n) is 2.76. The molecule has 0 bridgehead atoms. The van der Waals surface area contributed by atoms with Gasteiger partial charge in [0, 0.05) is 0 Å². The molecule has 1 rings (SSSR count). The molecule has 0 saturated carbocycles. The molecule has 0 atom stereocenters. The van der Waals surface area contributed by atoms with Crippen molar-refractivity contribution in [2.45, 2.75) is 20.4 Å². The zero-order valence-corrected chi connectivity index (χ0v) is 7.54. The third kappa shape index (κ3) is 1.68. The average Bonchev–Trinajstić information content (AvgIpc) is 2.28. The molecule has 0 saturated heterocycles. The molecule has 4 nitrogen and oxygen atoms in total. The number of carboxylic acids is 1.